The Bertz CT molecular complexity index is 545. The van der Waals surface area contributed by atoms with Crippen LogP contribution >= 0.6 is 15.9 Å². The molecule has 0 radical (unpaired) electrons. The lowest BCUT2D eigenvalue weighted by Gasteiger charge is -2.15. The van der Waals surface area contributed by atoms with Gasteiger partial charge in [-0.05, 0) is 36.8 Å². The molecule has 0 aliphatic carbocycles. The Balaban J connectivity index is 1.80. The number of aryl methyl sites for hydroxylation is 1. The van der Waals surface area contributed by atoms with Crippen molar-refractivity contribution in [1.82, 2.24) is 0 Å². The van der Waals surface area contributed by atoms with Gasteiger partial charge in [0.2, 0.25) is 0 Å². The molecule has 0 fully saturated rings. The van der Waals surface area contributed by atoms with Gasteiger partial charge in [0, 0.05) is 16.7 Å². The van der Waals surface area contributed by atoms with Crippen molar-refractivity contribution in [3.63, 3.8) is 0 Å². The molecule has 2 rings (SSSR count). The molecule has 0 aliphatic rings. The fourth-order valence-electron chi connectivity index (χ4n) is 1.78. The molecule has 4 heteroatoms. The Labute approximate surface area is 127 Å². The zero-order valence-corrected chi connectivity index (χ0v) is 12.9. The van der Waals surface area contributed by atoms with Gasteiger partial charge in [-0.2, -0.15) is 0 Å². The number of rotatable bonds is 6. The molecule has 20 heavy (non-hydrogen) atoms. The molecule has 0 aliphatic heterocycles. The van der Waals surface area contributed by atoms with Crippen molar-refractivity contribution < 1.29 is 9.84 Å². The molecule has 2 aromatic rings. The van der Waals surface area contributed by atoms with E-state index < -0.39 is 6.10 Å². The van der Waals surface area contributed by atoms with Gasteiger partial charge < -0.3 is 15.2 Å². The van der Waals surface area contributed by atoms with Crippen LogP contribution in [0.1, 0.15) is 5.56 Å². The highest BCUT2D eigenvalue weighted by Gasteiger charge is 2.06. The summed E-state index contributed by atoms with van der Waals surface area (Å²) < 4.78 is 6.53. The molecule has 0 saturated carbocycles. The average Bonchev–Trinajstić information content (AvgIpc) is 2.47. The second-order valence-corrected chi connectivity index (χ2v) is 5.53. The molecule has 0 bridgehead atoms. The van der Waals surface area contributed by atoms with Gasteiger partial charge in [-0.3, -0.25) is 0 Å². The third kappa shape index (κ3) is 4.54. The Morgan fingerprint density at radius 2 is 1.95 bits per heavy atom. The second-order valence-electron chi connectivity index (χ2n) is 4.62. The van der Waals surface area contributed by atoms with Crippen molar-refractivity contribution in [3.05, 3.63) is 58.6 Å². The summed E-state index contributed by atoms with van der Waals surface area (Å²) in [5.74, 6) is 0.769. The van der Waals surface area contributed by atoms with E-state index in [1.807, 2.05) is 55.5 Å². The summed E-state index contributed by atoms with van der Waals surface area (Å²) in [4.78, 5) is 0. The van der Waals surface area contributed by atoms with Crippen molar-refractivity contribution in [2.24, 2.45) is 0 Å². The molecule has 3 nitrogen and oxygen atoms in total. The first-order valence-electron chi connectivity index (χ1n) is 6.51. The third-order valence-electron chi connectivity index (χ3n) is 2.91. The van der Waals surface area contributed by atoms with Gasteiger partial charge >= 0.3 is 0 Å². The molecule has 0 saturated heterocycles. The first-order valence-corrected chi connectivity index (χ1v) is 7.30. The van der Waals surface area contributed by atoms with Gasteiger partial charge in [0.25, 0.3) is 0 Å². The SMILES string of the molecule is Cc1ccc(Br)cc1NCC(O)COc1ccccc1. The van der Waals surface area contributed by atoms with E-state index >= 15 is 0 Å². The summed E-state index contributed by atoms with van der Waals surface area (Å²) in [6.07, 6.45) is -0.561. The van der Waals surface area contributed by atoms with Gasteiger partial charge in [-0.15, -0.1) is 0 Å². The Kier molecular flexibility index (Phi) is 5.44. The Morgan fingerprint density at radius 1 is 1.20 bits per heavy atom. The number of anilines is 1. The molecule has 0 heterocycles. The van der Waals surface area contributed by atoms with Crippen LogP contribution in [0.15, 0.2) is 53.0 Å². The van der Waals surface area contributed by atoms with Crippen molar-refractivity contribution in [2.45, 2.75) is 13.0 Å². The predicted molar refractivity (Wildman–Crippen MR) is 85.3 cm³/mol. The minimum absolute atomic E-state index is 0.268. The van der Waals surface area contributed by atoms with Crippen LogP contribution in [0.25, 0.3) is 0 Å². The zero-order chi connectivity index (χ0) is 14.4. The van der Waals surface area contributed by atoms with Crippen LogP contribution in [0.5, 0.6) is 5.75 Å². The summed E-state index contributed by atoms with van der Waals surface area (Å²) in [6.45, 7) is 2.75. The van der Waals surface area contributed by atoms with Gasteiger partial charge in [-0.1, -0.05) is 40.2 Å². The van der Waals surface area contributed by atoms with E-state index in [1.54, 1.807) is 0 Å². The number of hydrogen-bond acceptors (Lipinski definition) is 3. The standard InChI is InChI=1S/C16H18BrNO2/c1-12-7-8-13(17)9-16(12)18-10-14(19)11-20-15-5-3-2-4-6-15/h2-9,14,18-19H,10-11H2,1H3. The van der Waals surface area contributed by atoms with E-state index in [1.165, 1.54) is 0 Å². The highest BCUT2D eigenvalue weighted by atomic mass is 79.9. The average molecular weight is 336 g/mol. The summed E-state index contributed by atoms with van der Waals surface area (Å²) in [5.41, 5.74) is 2.16. The first-order chi connectivity index (χ1) is 9.65. The topological polar surface area (TPSA) is 41.5 Å². The minimum Gasteiger partial charge on any atom is -0.491 e. The van der Waals surface area contributed by atoms with Crippen LogP contribution in [-0.2, 0) is 0 Å². The molecular weight excluding hydrogens is 318 g/mol. The number of para-hydroxylation sites is 1. The summed E-state index contributed by atoms with van der Waals surface area (Å²) >= 11 is 3.44. The maximum absolute atomic E-state index is 9.93. The van der Waals surface area contributed by atoms with Crippen molar-refractivity contribution in [1.29, 1.82) is 0 Å². The Morgan fingerprint density at radius 3 is 2.70 bits per heavy atom. The summed E-state index contributed by atoms with van der Waals surface area (Å²) in [7, 11) is 0. The van der Waals surface area contributed by atoms with Crippen LogP contribution in [0.3, 0.4) is 0 Å². The van der Waals surface area contributed by atoms with Crippen LogP contribution in [0, 0.1) is 6.92 Å². The second kappa shape index (κ2) is 7.31. The zero-order valence-electron chi connectivity index (χ0n) is 11.3. The highest BCUT2D eigenvalue weighted by molar-refractivity contribution is 9.10. The number of benzene rings is 2. The highest BCUT2D eigenvalue weighted by Crippen LogP contribution is 2.20. The smallest absolute Gasteiger partial charge is 0.119 e. The summed E-state index contributed by atoms with van der Waals surface area (Å²) in [6, 6.07) is 15.5. The van der Waals surface area contributed by atoms with Crippen LogP contribution in [-0.4, -0.2) is 24.4 Å². The largest absolute Gasteiger partial charge is 0.491 e. The molecule has 106 valence electrons. The number of ether oxygens (including phenoxy) is 1. The number of aliphatic hydroxyl groups is 1. The normalized spacial score (nSPS) is 11.9. The molecule has 1 atom stereocenters. The minimum atomic E-state index is -0.561. The predicted octanol–water partition coefficient (Wildman–Crippen LogP) is 3.61. The van der Waals surface area contributed by atoms with Crippen molar-refractivity contribution in [3.8, 4) is 5.75 Å². The van der Waals surface area contributed by atoms with E-state index in [9.17, 15) is 5.11 Å². The van der Waals surface area contributed by atoms with E-state index in [2.05, 4.69) is 21.2 Å². The molecule has 2 aromatic carbocycles. The quantitative estimate of drug-likeness (QED) is 0.847. The summed E-state index contributed by atoms with van der Waals surface area (Å²) in [5, 5.41) is 13.2. The number of aliphatic hydroxyl groups excluding tert-OH is 1. The third-order valence-corrected chi connectivity index (χ3v) is 3.41. The number of nitrogens with one attached hydrogen (secondary N) is 1. The van der Waals surface area contributed by atoms with Gasteiger partial charge in [0.1, 0.15) is 18.5 Å². The van der Waals surface area contributed by atoms with E-state index in [0.29, 0.717) is 6.54 Å². The lowest BCUT2D eigenvalue weighted by Crippen LogP contribution is -2.26. The molecule has 0 aromatic heterocycles. The van der Waals surface area contributed by atoms with E-state index in [-0.39, 0.29) is 6.61 Å². The van der Waals surface area contributed by atoms with Gasteiger partial charge in [-0.25, -0.2) is 0 Å². The lowest BCUT2D eigenvalue weighted by atomic mass is 10.2. The maximum Gasteiger partial charge on any atom is 0.119 e. The van der Waals surface area contributed by atoms with Crippen molar-refractivity contribution in [2.75, 3.05) is 18.5 Å². The van der Waals surface area contributed by atoms with Crippen LogP contribution < -0.4 is 10.1 Å². The first kappa shape index (κ1) is 14.9. The Hall–Kier alpha value is -1.52. The fourth-order valence-corrected chi connectivity index (χ4v) is 2.14. The molecule has 0 spiro atoms. The molecule has 0 amide bonds. The van der Waals surface area contributed by atoms with Gasteiger partial charge in [0.05, 0.1) is 0 Å². The van der Waals surface area contributed by atoms with Crippen LogP contribution in [0.4, 0.5) is 5.69 Å². The van der Waals surface area contributed by atoms with Crippen LogP contribution in [0.2, 0.25) is 0 Å². The monoisotopic (exact) mass is 335 g/mol. The van der Waals surface area contributed by atoms with Gasteiger partial charge in [0.15, 0.2) is 0 Å². The van der Waals surface area contributed by atoms with E-state index in [0.717, 1.165) is 21.5 Å². The molecule has 1 unspecified atom stereocenters. The number of hydrogen-bond donors (Lipinski definition) is 2. The molecule has 2 N–H and O–H groups in total. The maximum atomic E-state index is 9.93. The fraction of sp³-hybridized carbons (Fsp3) is 0.250. The van der Waals surface area contributed by atoms with E-state index in [4.69, 9.17) is 4.74 Å². The molecular formula is C16H18BrNO2. The number of halogens is 1. The van der Waals surface area contributed by atoms with Crippen molar-refractivity contribution >= 4 is 21.6 Å². The lowest BCUT2D eigenvalue weighted by molar-refractivity contribution is 0.117.